The van der Waals surface area contributed by atoms with Crippen molar-refractivity contribution in [2.24, 2.45) is 4.99 Å². The Morgan fingerprint density at radius 3 is 3.04 bits per heavy atom. The van der Waals surface area contributed by atoms with Crippen molar-refractivity contribution in [3.63, 3.8) is 0 Å². The third-order valence-electron chi connectivity index (χ3n) is 3.93. The Morgan fingerprint density at radius 1 is 1.40 bits per heavy atom. The Hall–Kier alpha value is -2.64. The fourth-order valence-electron chi connectivity index (χ4n) is 2.66. The average Bonchev–Trinajstić information content (AvgIpc) is 3.32. The molecule has 1 aliphatic heterocycles. The van der Waals surface area contributed by atoms with Gasteiger partial charge in [0.1, 0.15) is 11.5 Å². The summed E-state index contributed by atoms with van der Waals surface area (Å²) < 4.78 is 12.9. The zero-order valence-electron chi connectivity index (χ0n) is 13.3. The van der Waals surface area contributed by atoms with Crippen LogP contribution in [0.4, 0.5) is 5.69 Å². The second-order valence-corrected chi connectivity index (χ2v) is 7.14. The van der Waals surface area contributed by atoms with Crippen molar-refractivity contribution >= 4 is 47.1 Å². The van der Waals surface area contributed by atoms with Crippen molar-refractivity contribution in [3.05, 3.63) is 56.8 Å². The minimum absolute atomic E-state index is 0.128. The van der Waals surface area contributed by atoms with Crippen LogP contribution in [-0.2, 0) is 6.54 Å². The highest BCUT2D eigenvalue weighted by Crippen LogP contribution is 2.37. The Morgan fingerprint density at radius 2 is 2.28 bits per heavy atom. The number of allylic oxidation sites excluding steroid dienone is 1. The van der Waals surface area contributed by atoms with E-state index in [2.05, 4.69) is 4.99 Å². The van der Waals surface area contributed by atoms with Crippen molar-refractivity contribution in [2.75, 3.05) is 7.11 Å². The van der Waals surface area contributed by atoms with Gasteiger partial charge >= 0.3 is 0 Å². The molecule has 2 aromatic heterocycles. The Bertz CT molecular complexity index is 1040. The fourth-order valence-corrected chi connectivity index (χ4v) is 3.91. The third-order valence-corrected chi connectivity index (χ3v) is 5.32. The molecule has 0 aliphatic carbocycles. The molecule has 0 saturated heterocycles. The zero-order valence-corrected chi connectivity index (χ0v) is 14.9. The van der Waals surface area contributed by atoms with Gasteiger partial charge in [-0.05, 0) is 48.6 Å². The van der Waals surface area contributed by atoms with Crippen LogP contribution in [-0.4, -0.2) is 23.0 Å². The van der Waals surface area contributed by atoms with Crippen molar-refractivity contribution in [1.29, 1.82) is 0 Å². The standard InChI is InChI=1S/C18H14N2O3S2/c1-22-12-4-5-15-14(8-12)11(9-19-15)7-16-17(21)20(18(24)25-16)10-13-3-2-6-23-13/h2-9,21H,10H2,1H3. The normalized spacial score (nSPS) is 14.2. The van der Waals surface area contributed by atoms with E-state index in [1.807, 2.05) is 36.4 Å². The van der Waals surface area contributed by atoms with Crippen LogP contribution in [0.25, 0.3) is 11.6 Å². The predicted molar refractivity (Wildman–Crippen MR) is 102 cm³/mol. The molecule has 25 heavy (non-hydrogen) atoms. The molecule has 1 aliphatic rings. The molecule has 5 nitrogen and oxygen atoms in total. The third kappa shape index (κ3) is 2.92. The Labute approximate surface area is 153 Å². The molecule has 0 amide bonds. The molecule has 4 rings (SSSR count). The first-order valence-electron chi connectivity index (χ1n) is 7.55. The molecule has 0 fully saturated rings. The van der Waals surface area contributed by atoms with Gasteiger partial charge in [0.2, 0.25) is 5.88 Å². The minimum Gasteiger partial charge on any atom is -0.497 e. The number of aliphatic imine (C=N–C) groups is 1. The number of hydrogen-bond acceptors (Lipinski definition) is 6. The van der Waals surface area contributed by atoms with Gasteiger partial charge in [-0.1, -0.05) is 0 Å². The number of benzene rings is 1. The van der Waals surface area contributed by atoms with E-state index in [0.29, 0.717) is 15.4 Å². The number of fused-ring (bicyclic) bond motifs is 1. The second-order valence-electron chi connectivity index (χ2n) is 5.46. The van der Waals surface area contributed by atoms with E-state index >= 15 is 0 Å². The molecule has 0 bridgehead atoms. The molecular weight excluding hydrogens is 356 g/mol. The van der Waals surface area contributed by atoms with Crippen molar-refractivity contribution in [2.45, 2.75) is 6.54 Å². The molecule has 0 unspecified atom stereocenters. The number of nitrogens with zero attached hydrogens (tertiary/aromatic N) is 2. The SMILES string of the molecule is COc1ccc2c(c1)C(=Cc1sc(=S)n(Cc3ccco3)c1O)C=N2. The summed E-state index contributed by atoms with van der Waals surface area (Å²) in [6, 6.07) is 9.38. The van der Waals surface area contributed by atoms with Crippen LogP contribution >= 0.6 is 23.6 Å². The Kier molecular flexibility index (Phi) is 4.03. The largest absolute Gasteiger partial charge is 0.497 e. The number of aromatic hydroxyl groups is 1. The van der Waals surface area contributed by atoms with E-state index < -0.39 is 0 Å². The number of thiazole rings is 1. The molecule has 3 aromatic rings. The first-order valence-corrected chi connectivity index (χ1v) is 8.77. The van der Waals surface area contributed by atoms with Crippen molar-refractivity contribution < 1.29 is 14.3 Å². The van der Waals surface area contributed by atoms with Gasteiger partial charge in [0.05, 0.1) is 30.5 Å². The Balaban J connectivity index is 1.72. The lowest BCUT2D eigenvalue weighted by atomic mass is 10.1. The molecule has 0 radical (unpaired) electrons. The maximum atomic E-state index is 10.6. The van der Waals surface area contributed by atoms with E-state index in [1.54, 1.807) is 24.2 Å². The highest BCUT2D eigenvalue weighted by molar-refractivity contribution is 7.73. The van der Waals surface area contributed by atoms with Gasteiger partial charge < -0.3 is 14.3 Å². The lowest BCUT2D eigenvalue weighted by Crippen LogP contribution is -1.97. The molecule has 3 heterocycles. The fraction of sp³-hybridized carbons (Fsp3) is 0.111. The van der Waals surface area contributed by atoms with E-state index in [1.165, 1.54) is 11.3 Å². The zero-order chi connectivity index (χ0) is 17.4. The number of rotatable bonds is 4. The number of aromatic nitrogens is 1. The van der Waals surface area contributed by atoms with Crippen molar-refractivity contribution in [3.8, 4) is 11.6 Å². The summed E-state index contributed by atoms with van der Waals surface area (Å²) >= 11 is 6.74. The minimum atomic E-state index is 0.128. The summed E-state index contributed by atoms with van der Waals surface area (Å²) in [6.45, 7) is 0.399. The van der Waals surface area contributed by atoms with Crippen molar-refractivity contribution in [1.82, 2.24) is 4.57 Å². The van der Waals surface area contributed by atoms with Gasteiger partial charge in [0.25, 0.3) is 0 Å². The summed E-state index contributed by atoms with van der Waals surface area (Å²) in [6.07, 6.45) is 5.27. The number of methoxy groups -OCH3 is 1. The smallest absolute Gasteiger partial charge is 0.211 e. The molecule has 7 heteroatoms. The van der Waals surface area contributed by atoms with Crippen LogP contribution in [0.5, 0.6) is 11.6 Å². The van der Waals surface area contributed by atoms with Crippen LogP contribution in [0, 0.1) is 3.95 Å². The first kappa shape index (κ1) is 15.9. The van der Waals surface area contributed by atoms with E-state index in [0.717, 1.165) is 28.3 Å². The number of hydrogen-bond donors (Lipinski definition) is 1. The molecule has 0 saturated carbocycles. The van der Waals surface area contributed by atoms with Gasteiger partial charge in [-0.25, -0.2) is 0 Å². The maximum absolute atomic E-state index is 10.6. The van der Waals surface area contributed by atoms with E-state index in [4.69, 9.17) is 21.4 Å². The van der Waals surface area contributed by atoms with Crippen LogP contribution in [0.1, 0.15) is 16.2 Å². The van der Waals surface area contributed by atoms with Gasteiger partial charge in [0.15, 0.2) is 3.95 Å². The molecule has 0 spiro atoms. The molecule has 126 valence electrons. The molecular formula is C18H14N2O3S2. The van der Waals surface area contributed by atoms with Crippen LogP contribution in [0.15, 0.2) is 46.0 Å². The summed E-state index contributed by atoms with van der Waals surface area (Å²) in [4.78, 5) is 5.09. The molecule has 0 atom stereocenters. The number of furan rings is 1. The van der Waals surface area contributed by atoms with E-state index in [-0.39, 0.29) is 5.88 Å². The van der Waals surface area contributed by atoms with Crippen LogP contribution in [0.3, 0.4) is 0 Å². The first-order chi connectivity index (χ1) is 12.2. The summed E-state index contributed by atoms with van der Waals surface area (Å²) in [5.74, 6) is 1.63. The topological polar surface area (TPSA) is 59.9 Å². The molecule has 1 N–H and O–H groups in total. The maximum Gasteiger partial charge on any atom is 0.211 e. The van der Waals surface area contributed by atoms with Gasteiger partial charge in [0, 0.05) is 17.4 Å². The lowest BCUT2D eigenvalue weighted by Gasteiger charge is -2.04. The van der Waals surface area contributed by atoms with Gasteiger partial charge in [-0.2, -0.15) is 0 Å². The second kappa shape index (κ2) is 6.34. The quantitative estimate of drug-likeness (QED) is 0.664. The van der Waals surface area contributed by atoms with Crippen LogP contribution < -0.4 is 4.74 Å². The molecule has 1 aromatic carbocycles. The van der Waals surface area contributed by atoms with Crippen LogP contribution in [0.2, 0.25) is 0 Å². The predicted octanol–water partition coefficient (Wildman–Crippen LogP) is 4.89. The highest BCUT2D eigenvalue weighted by Gasteiger charge is 2.17. The van der Waals surface area contributed by atoms with Gasteiger partial charge in [-0.3, -0.25) is 9.56 Å². The van der Waals surface area contributed by atoms with Gasteiger partial charge in [-0.15, -0.1) is 11.3 Å². The average molecular weight is 370 g/mol. The lowest BCUT2D eigenvalue weighted by molar-refractivity contribution is 0.407. The monoisotopic (exact) mass is 370 g/mol. The number of ether oxygens (including phenoxy) is 1. The summed E-state index contributed by atoms with van der Waals surface area (Å²) in [7, 11) is 1.63. The van der Waals surface area contributed by atoms with E-state index in [9.17, 15) is 5.11 Å². The highest BCUT2D eigenvalue weighted by atomic mass is 32.1. The summed E-state index contributed by atoms with van der Waals surface area (Å²) in [5.41, 5.74) is 2.76. The summed E-state index contributed by atoms with van der Waals surface area (Å²) in [5, 5.41) is 10.6.